The van der Waals surface area contributed by atoms with Gasteiger partial charge in [0.25, 0.3) is 0 Å². The van der Waals surface area contributed by atoms with Gasteiger partial charge in [-0.1, -0.05) is 45.6 Å². The van der Waals surface area contributed by atoms with Crippen molar-refractivity contribution in [3.05, 3.63) is 23.9 Å². The molecule has 0 aromatic carbocycles. The van der Waals surface area contributed by atoms with Crippen LogP contribution >= 0.6 is 0 Å². The van der Waals surface area contributed by atoms with E-state index in [0.717, 1.165) is 5.88 Å². The van der Waals surface area contributed by atoms with Crippen molar-refractivity contribution in [2.45, 2.75) is 58.3 Å². The van der Waals surface area contributed by atoms with Gasteiger partial charge in [0.2, 0.25) is 5.88 Å². The number of hydrogen-bond donors (Lipinski definition) is 0. The molecule has 0 saturated heterocycles. The molecule has 0 bridgehead atoms. The average Bonchev–Trinajstić information content (AvgIpc) is 2.38. The van der Waals surface area contributed by atoms with Crippen LogP contribution in [0.1, 0.15) is 63.9 Å². The smallest absolute Gasteiger partial charge is 0.216 e. The van der Waals surface area contributed by atoms with Gasteiger partial charge in [-0.3, -0.25) is 0 Å². The van der Waals surface area contributed by atoms with Crippen molar-refractivity contribution in [1.29, 1.82) is 0 Å². The lowest BCUT2D eigenvalue weighted by atomic mass is 9.90. The average molecular weight is 235 g/mol. The third kappa shape index (κ3) is 4.37. The van der Waals surface area contributed by atoms with Crippen molar-refractivity contribution in [3.8, 4) is 5.88 Å². The fraction of sp³-hybridized carbons (Fsp3) is 0.667. The van der Waals surface area contributed by atoms with Gasteiger partial charge >= 0.3 is 0 Å². The maximum atomic E-state index is 5.37. The van der Waals surface area contributed by atoms with Gasteiger partial charge in [-0.25, -0.2) is 4.98 Å². The van der Waals surface area contributed by atoms with E-state index < -0.39 is 0 Å². The maximum absolute atomic E-state index is 5.37. The molecule has 1 aromatic heterocycles. The second-order valence-corrected chi connectivity index (χ2v) is 4.58. The van der Waals surface area contributed by atoms with Crippen LogP contribution in [-0.2, 0) is 0 Å². The summed E-state index contributed by atoms with van der Waals surface area (Å²) in [6.07, 6.45) is 9.41. The van der Waals surface area contributed by atoms with Crippen LogP contribution in [0.25, 0.3) is 0 Å². The molecule has 0 fully saturated rings. The van der Waals surface area contributed by atoms with E-state index in [1.807, 2.05) is 6.07 Å². The predicted octanol–water partition coefficient (Wildman–Crippen LogP) is 4.55. The van der Waals surface area contributed by atoms with Crippen LogP contribution < -0.4 is 4.74 Å². The third-order valence-electron chi connectivity index (χ3n) is 3.23. The van der Waals surface area contributed by atoms with Crippen LogP contribution in [0.2, 0.25) is 0 Å². The first kappa shape index (κ1) is 14.0. The Balaban J connectivity index is 2.73. The lowest BCUT2D eigenvalue weighted by Crippen LogP contribution is -2.03. The molecular weight excluding hydrogens is 210 g/mol. The van der Waals surface area contributed by atoms with Crippen LogP contribution in [0.5, 0.6) is 5.88 Å². The summed E-state index contributed by atoms with van der Waals surface area (Å²) in [5, 5.41) is 0. The van der Waals surface area contributed by atoms with Gasteiger partial charge in [0, 0.05) is 11.8 Å². The summed E-state index contributed by atoms with van der Waals surface area (Å²) < 4.78 is 5.37. The molecule has 0 saturated carbocycles. The molecule has 0 aliphatic heterocycles. The van der Waals surface area contributed by atoms with Crippen LogP contribution in [0.3, 0.4) is 0 Å². The van der Waals surface area contributed by atoms with Crippen molar-refractivity contribution in [1.82, 2.24) is 4.98 Å². The number of unbranched alkanes of at least 4 members (excludes halogenated alkanes) is 2. The van der Waals surface area contributed by atoms with Crippen molar-refractivity contribution >= 4 is 0 Å². The highest BCUT2D eigenvalue weighted by Crippen LogP contribution is 2.32. The minimum Gasteiger partial charge on any atom is -0.481 e. The van der Waals surface area contributed by atoms with E-state index in [4.69, 9.17) is 4.74 Å². The zero-order chi connectivity index (χ0) is 12.5. The van der Waals surface area contributed by atoms with Crippen molar-refractivity contribution in [3.63, 3.8) is 0 Å². The molecule has 1 atom stereocenters. The summed E-state index contributed by atoms with van der Waals surface area (Å²) in [5.74, 6) is 1.41. The molecule has 2 nitrogen and oxygen atoms in total. The molecule has 96 valence electrons. The molecule has 0 aliphatic rings. The molecule has 0 amide bonds. The predicted molar refractivity (Wildman–Crippen MR) is 72.6 cm³/mol. The first-order chi connectivity index (χ1) is 8.33. The fourth-order valence-corrected chi connectivity index (χ4v) is 2.33. The summed E-state index contributed by atoms with van der Waals surface area (Å²) in [6.45, 7) is 4.50. The SMILES string of the molecule is CCCCCC(CCC)c1cccnc1OC. The Hall–Kier alpha value is -1.05. The van der Waals surface area contributed by atoms with Gasteiger partial charge in [0.05, 0.1) is 7.11 Å². The van der Waals surface area contributed by atoms with Crippen molar-refractivity contribution in [2.75, 3.05) is 7.11 Å². The molecular formula is C15H25NO. The van der Waals surface area contributed by atoms with Crippen LogP contribution in [0, 0.1) is 0 Å². The monoisotopic (exact) mass is 235 g/mol. The van der Waals surface area contributed by atoms with E-state index in [1.54, 1.807) is 13.3 Å². The molecule has 0 aliphatic carbocycles. The molecule has 1 unspecified atom stereocenters. The van der Waals surface area contributed by atoms with Crippen molar-refractivity contribution < 1.29 is 4.74 Å². The number of ether oxygens (including phenoxy) is 1. The van der Waals surface area contributed by atoms with Gasteiger partial charge in [0.15, 0.2) is 0 Å². The number of pyridine rings is 1. The van der Waals surface area contributed by atoms with Gasteiger partial charge in [-0.2, -0.15) is 0 Å². The molecule has 1 aromatic rings. The number of hydrogen-bond acceptors (Lipinski definition) is 2. The Morgan fingerprint density at radius 3 is 2.65 bits per heavy atom. The zero-order valence-corrected chi connectivity index (χ0v) is 11.4. The summed E-state index contributed by atoms with van der Waals surface area (Å²) in [5.41, 5.74) is 1.29. The minimum atomic E-state index is 0.607. The summed E-state index contributed by atoms with van der Waals surface area (Å²) in [4.78, 5) is 4.31. The highest BCUT2D eigenvalue weighted by atomic mass is 16.5. The van der Waals surface area contributed by atoms with Crippen LogP contribution in [0.15, 0.2) is 18.3 Å². The maximum Gasteiger partial charge on any atom is 0.216 e. The fourth-order valence-electron chi connectivity index (χ4n) is 2.33. The molecule has 1 rings (SSSR count). The molecule has 0 spiro atoms. The minimum absolute atomic E-state index is 0.607. The second-order valence-electron chi connectivity index (χ2n) is 4.58. The first-order valence-corrected chi connectivity index (χ1v) is 6.82. The Kier molecular flexibility index (Phi) is 6.68. The highest BCUT2D eigenvalue weighted by Gasteiger charge is 2.15. The standard InChI is InChI=1S/C15H25NO/c1-4-6-7-10-13(9-5-2)14-11-8-12-16-15(14)17-3/h8,11-13H,4-7,9-10H2,1-3H3. The van der Waals surface area contributed by atoms with E-state index in [9.17, 15) is 0 Å². The Labute approximate surface area is 105 Å². The van der Waals surface area contributed by atoms with E-state index in [-0.39, 0.29) is 0 Å². The van der Waals surface area contributed by atoms with Gasteiger partial charge in [-0.15, -0.1) is 0 Å². The Morgan fingerprint density at radius 2 is 2.00 bits per heavy atom. The number of rotatable bonds is 8. The van der Waals surface area contributed by atoms with Crippen LogP contribution in [-0.4, -0.2) is 12.1 Å². The Bertz CT molecular complexity index is 312. The van der Waals surface area contributed by atoms with Crippen molar-refractivity contribution in [2.24, 2.45) is 0 Å². The van der Waals surface area contributed by atoms with Gasteiger partial charge in [-0.05, 0) is 24.8 Å². The molecule has 0 N–H and O–H groups in total. The van der Waals surface area contributed by atoms with E-state index in [2.05, 4.69) is 24.9 Å². The molecule has 0 radical (unpaired) electrons. The lowest BCUT2D eigenvalue weighted by molar-refractivity contribution is 0.383. The lowest BCUT2D eigenvalue weighted by Gasteiger charge is -2.18. The van der Waals surface area contributed by atoms with E-state index in [0.29, 0.717) is 5.92 Å². The number of aromatic nitrogens is 1. The zero-order valence-electron chi connectivity index (χ0n) is 11.4. The topological polar surface area (TPSA) is 22.1 Å². The quantitative estimate of drug-likeness (QED) is 0.616. The third-order valence-corrected chi connectivity index (χ3v) is 3.23. The van der Waals surface area contributed by atoms with Gasteiger partial charge in [0.1, 0.15) is 0 Å². The van der Waals surface area contributed by atoms with E-state index in [1.165, 1.54) is 44.1 Å². The molecule has 2 heteroatoms. The van der Waals surface area contributed by atoms with Gasteiger partial charge < -0.3 is 4.74 Å². The molecule has 17 heavy (non-hydrogen) atoms. The largest absolute Gasteiger partial charge is 0.481 e. The number of methoxy groups -OCH3 is 1. The van der Waals surface area contributed by atoms with E-state index >= 15 is 0 Å². The van der Waals surface area contributed by atoms with Crippen LogP contribution in [0.4, 0.5) is 0 Å². The normalized spacial score (nSPS) is 12.4. The summed E-state index contributed by atoms with van der Waals surface area (Å²) >= 11 is 0. The summed E-state index contributed by atoms with van der Waals surface area (Å²) in [6, 6.07) is 4.18. The summed E-state index contributed by atoms with van der Waals surface area (Å²) in [7, 11) is 1.71. The highest BCUT2D eigenvalue weighted by molar-refractivity contribution is 5.29. The molecule has 1 heterocycles. The number of nitrogens with zero attached hydrogens (tertiary/aromatic N) is 1. The second kappa shape index (κ2) is 8.10. The Morgan fingerprint density at radius 1 is 1.18 bits per heavy atom. The first-order valence-electron chi connectivity index (χ1n) is 6.82.